The maximum atomic E-state index is 6.13. The minimum Gasteiger partial charge on any atom is -0.373 e. The molecule has 0 spiro atoms. The van der Waals surface area contributed by atoms with Crippen LogP contribution in [0.15, 0.2) is 41.7 Å². The Kier molecular flexibility index (Phi) is 9.93. The van der Waals surface area contributed by atoms with Crippen LogP contribution in [0.2, 0.25) is 0 Å². The van der Waals surface area contributed by atoms with Crippen LogP contribution in [-0.4, -0.2) is 42.0 Å². The second-order valence-electron chi connectivity index (χ2n) is 7.52. The van der Waals surface area contributed by atoms with Gasteiger partial charge in [0.2, 0.25) is 0 Å². The van der Waals surface area contributed by atoms with Crippen LogP contribution in [0, 0.1) is 12.8 Å². The summed E-state index contributed by atoms with van der Waals surface area (Å²) in [4.78, 5) is 4.86. The Labute approximate surface area is 191 Å². The van der Waals surface area contributed by atoms with E-state index in [1.165, 1.54) is 16.7 Å². The summed E-state index contributed by atoms with van der Waals surface area (Å²) in [6.45, 7) is 7.49. The van der Waals surface area contributed by atoms with E-state index in [2.05, 4.69) is 60.0 Å². The van der Waals surface area contributed by atoms with Crippen LogP contribution in [0.3, 0.4) is 0 Å². The first-order valence-electron chi connectivity index (χ1n) is 10.3. The zero-order valence-corrected chi connectivity index (χ0v) is 20.1. The van der Waals surface area contributed by atoms with Gasteiger partial charge in [0.05, 0.1) is 12.3 Å². The number of hydrogen-bond donors (Lipinski definition) is 2. The van der Waals surface area contributed by atoms with Crippen molar-refractivity contribution in [3.63, 3.8) is 0 Å². The lowest BCUT2D eigenvalue weighted by Crippen LogP contribution is -2.39. The summed E-state index contributed by atoms with van der Waals surface area (Å²) >= 11 is 0. The highest BCUT2D eigenvalue weighted by Gasteiger charge is 2.27. The summed E-state index contributed by atoms with van der Waals surface area (Å²) < 4.78 is 7.97. The van der Waals surface area contributed by atoms with Gasteiger partial charge in [0, 0.05) is 45.4 Å². The first-order valence-corrected chi connectivity index (χ1v) is 10.3. The van der Waals surface area contributed by atoms with Crippen molar-refractivity contribution in [3.8, 4) is 0 Å². The van der Waals surface area contributed by atoms with Crippen molar-refractivity contribution in [3.05, 3.63) is 53.3 Å². The number of aryl methyl sites for hydroxylation is 2. The Hall–Kier alpha value is -1.61. The van der Waals surface area contributed by atoms with Gasteiger partial charge >= 0.3 is 0 Å². The third-order valence-corrected chi connectivity index (χ3v) is 5.14. The number of nitrogens with one attached hydrogen (secondary N) is 2. The van der Waals surface area contributed by atoms with Gasteiger partial charge in [-0.3, -0.25) is 9.67 Å². The maximum absolute atomic E-state index is 6.13. The van der Waals surface area contributed by atoms with E-state index in [1.807, 2.05) is 17.9 Å². The molecule has 1 aromatic carbocycles. The first-order chi connectivity index (χ1) is 13.7. The van der Waals surface area contributed by atoms with Crippen LogP contribution >= 0.6 is 24.0 Å². The van der Waals surface area contributed by atoms with E-state index in [9.17, 15) is 0 Å². The number of benzene rings is 1. The Morgan fingerprint density at radius 2 is 2.07 bits per heavy atom. The SMILES string of the molecule is CCNC(=NCC1CCCOC1c1ccc(C)cc1)NCCc1cnn(C)c1.I. The zero-order chi connectivity index (χ0) is 19.8. The number of nitrogens with zero attached hydrogens (tertiary/aromatic N) is 3. The fraction of sp³-hybridized carbons (Fsp3) is 0.545. The van der Waals surface area contributed by atoms with E-state index in [0.717, 1.165) is 51.5 Å². The molecule has 0 saturated carbocycles. The zero-order valence-electron chi connectivity index (χ0n) is 17.7. The third-order valence-electron chi connectivity index (χ3n) is 5.14. The van der Waals surface area contributed by atoms with E-state index in [4.69, 9.17) is 9.73 Å². The van der Waals surface area contributed by atoms with Crippen molar-refractivity contribution in [2.75, 3.05) is 26.2 Å². The molecule has 1 aliphatic heterocycles. The minimum absolute atomic E-state index is 0. The second kappa shape index (κ2) is 12.2. The summed E-state index contributed by atoms with van der Waals surface area (Å²) in [5, 5.41) is 11.0. The molecule has 1 saturated heterocycles. The maximum Gasteiger partial charge on any atom is 0.191 e. The predicted molar refractivity (Wildman–Crippen MR) is 129 cm³/mol. The normalized spacial score (nSPS) is 19.5. The quantitative estimate of drug-likeness (QED) is 0.339. The Morgan fingerprint density at radius 3 is 2.76 bits per heavy atom. The highest BCUT2D eigenvalue weighted by Crippen LogP contribution is 2.33. The van der Waals surface area contributed by atoms with Crippen molar-refractivity contribution in [2.45, 2.75) is 39.2 Å². The molecule has 1 aliphatic rings. The largest absolute Gasteiger partial charge is 0.373 e. The molecule has 2 N–H and O–H groups in total. The molecule has 3 rings (SSSR count). The molecular formula is C22H34IN5O. The molecule has 0 aliphatic carbocycles. The van der Waals surface area contributed by atoms with Crippen LogP contribution in [0.4, 0.5) is 0 Å². The van der Waals surface area contributed by atoms with E-state index < -0.39 is 0 Å². The van der Waals surface area contributed by atoms with Crippen LogP contribution in [0.5, 0.6) is 0 Å². The molecule has 0 radical (unpaired) electrons. The van der Waals surface area contributed by atoms with E-state index >= 15 is 0 Å². The van der Waals surface area contributed by atoms with Gasteiger partial charge in [0.1, 0.15) is 0 Å². The van der Waals surface area contributed by atoms with Crippen molar-refractivity contribution in [1.82, 2.24) is 20.4 Å². The summed E-state index contributed by atoms with van der Waals surface area (Å²) in [5.41, 5.74) is 3.77. The molecule has 1 fully saturated rings. The van der Waals surface area contributed by atoms with Gasteiger partial charge < -0.3 is 15.4 Å². The smallest absolute Gasteiger partial charge is 0.191 e. The highest BCUT2D eigenvalue weighted by atomic mass is 127. The Morgan fingerprint density at radius 1 is 1.28 bits per heavy atom. The van der Waals surface area contributed by atoms with Gasteiger partial charge in [-0.15, -0.1) is 24.0 Å². The number of aromatic nitrogens is 2. The predicted octanol–water partition coefficient (Wildman–Crippen LogP) is 3.61. The lowest BCUT2D eigenvalue weighted by atomic mass is 9.89. The number of ether oxygens (including phenoxy) is 1. The van der Waals surface area contributed by atoms with Crippen molar-refractivity contribution in [2.24, 2.45) is 18.0 Å². The number of aliphatic imine (C=N–C) groups is 1. The molecule has 2 unspecified atom stereocenters. The first kappa shape index (κ1) is 23.7. The lowest BCUT2D eigenvalue weighted by molar-refractivity contribution is -0.0250. The molecule has 6 nitrogen and oxygen atoms in total. The van der Waals surface area contributed by atoms with Gasteiger partial charge in [0.15, 0.2) is 5.96 Å². The van der Waals surface area contributed by atoms with Crippen LogP contribution in [-0.2, 0) is 18.2 Å². The molecular weight excluding hydrogens is 477 g/mol. The van der Waals surface area contributed by atoms with Crippen molar-refractivity contribution < 1.29 is 4.74 Å². The second-order valence-corrected chi connectivity index (χ2v) is 7.52. The summed E-state index contributed by atoms with van der Waals surface area (Å²) in [5.74, 6) is 1.28. The van der Waals surface area contributed by atoms with Crippen LogP contribution in [0.25, 0.3) is 0 Å². The van der Waals surface area contributed by atoms with E-state index in [0.29, 0.717) is 5.92 Å². The fourth-order valence-electron chi connectivity index (χ4n) is 3.63. The van der Waals surface area contributed by atoms with Gasteiger partial charge in [-0.05, 0) is 44.2 Å². The van der Waals surface area contributed by atoms with Gasteiger partial charge in [-0.1, -0.05) is 29.8 Å². The number of rotatable bonds is 7. The number of halogens is 1. The molecule has 2 atom stereocenters. The molecule has 0 amide bonds. The summed E-state index contributed by atoms with van der Waals surface area (Å²) in [6.07, 6.45) is 7.28. The molecule has 7 heteroatoms. The molecule has 29 heavy (non-hydrogen) atoms. The number of guanidine groups is 1. The van der Waals surface area contributed by atoms with E-state index in [-0.39, 0.29) is 30.1 Å². The van der Waals surface area contributed by atoms with Crippen LogP contribution < -0.4 is 10.6 Å². The molecule has 2 aromatic rings. The van der Waals surface area contributed by atoms with E-state index in [1.54, 1.807) is 0 Å². The Balaban J connectivity index is 0.00000300. The topological polar surface area (TPSA) is 63.5 Å². The fourth-order valence-corrected chi connectivity index (χ4v) is 3.63. The standard InChI is InChI=1S/C22H33N5O.HI/c1-4-23-22(24-12-11-18-14-26-27(3)16-18)25-15-20-6-5-13-28-21(20)19-9-7-17(2)8-10-19;/h7-10,14,16,20-21H,4-6,11-13,15H2,1-3H3,(H2,23,24,25);1H. The van der Waals surface area contributed by atoms with Crippen molar-refractivity contribution >= 4 is 29.9 Å². The average Bonchev–Trinajstić information content (AvgIpc) is 3.12. The van der Waals surface area contributed by atoms with Crippen LogP contribution in [0.1, 0.15) is 42.6 Å². The lowest BCUT2D eigenvalue weighted by Gasteiger charge is -2.31. The molecule has 160 valence electrons. The van der Waals surface area contributed by atoms with Gasteiger partial charge in [-0.25, -0.2) is 0 Å². The molecule has 1 aromatic heterocycles. The van der Waals surface area contributed by atoms with Crippen molar-refractivity contribution in [1.29, 1.82) is 0 Å². The minimum atomic E-state index is 0. The molecule has 2 heterocycles. The molecule has 0 bridgehead atoms. The van der Waals surface area contributed by atoms with Gasteiger partial charge in [0.25, 0.3) is 0 Å². The third kappa shape index (κ3) is 7.29. The monoisotopic (exact) mass is 511 g/mol. The van der Waals surface area contributed by atoms with Gasteiger partial charge in [-0.2, -0.15) is 5.10 Å². The summed E-state index contributed by atoms with van der Waals surface area (Å²) in [6, 6.07) is 8.72. The number of hydrogen-bond acceptors (Lipinski definition) is 3. The summed E-state index contributed by atoms with van der Waals surface area (Å²) in [7, 11) is 1.94. The highest BCUT2D eigenvalue weighted by molar-refractivity contribution is 14.0. The Bertz CT molecular complexity index is 759. The average molecular weight is 511 g/mol.